The van der Waals surface area contributed by atoms with Crippen molar-refractivity contribution >= 4 is 11.9 Å². The lowest BCUT2D eigenvalue weighted by Gasteiger charge is -2.23. The van der Waals surface area contributed by atoms with Crippen LogP contribution in [0.2, 0.25) is 0 Å². The molecule has 0 spiro atoms. The molecule has 1 rings (SSSR count). The number of carboxylic acid groups (broad SMARTS) is 1. The van der Waals surface area contributed by atoms with E-state index in [9.17, 15) is 9.59 Å². The molecule has 100 valence electrons. The molecule has 0 aromatic carbocycles. The van der Waals surface area contributed by atoms with Gasteiger partial charge in [-0.3, -0.25) is 14.7 Å². The normalized spacial score (nSPS) is 13.1. The summed E-state index contributed by atoms with van der Waals surface area (Å²) in [7, 11) is 0. The van der Waals surface area contributed by atoms with Gasteiger partial charge in [0.05, 0.1) is 5.92 Å². The summed E-state index contributed by atoms with van der Waals surface area (Å²) in [5, 5.41) is 17.9. The zero-order chi connectivity index (χ0) is 13.8. The number of carbonyl (C=O) groups is 2. The van der Waals surface area contributed by atoms with Gasteiger partial charge in [0.25, 0.3) is 5.91 Å². The van der Waals surface area contributed by atoms with Gasteiger partial charge < -0.3 is 10.4 Å². The number of nitrogens with one attached hydrogen (secondary N) is 2. The third-order valence-corrected chi connectivity index (χ3v) is 2.46. The van der Waals surface area contributed by atoms with Gasteiger partial charge >= 0.3 is 5.97 Å². The van der Waals surface area contributed by atoms with Gasteiger partial charge in [0.2, 0.25) is 0 Å². The first-order chi connectivity index (χ1) is 8.29. The van der Waals surface area contributed by atoms with Gasteiger partial charge in [-0.2, -0.15) is 5.10 Å². The maximum Gasteiger partial charge on any atom is 0.308 e. The van der Waals surface area contributed by atoms with Crippen molar-refractivity contribution < 1.29 is 14.7 Å². The van der Waals surface area contributed by atoms with Gasteiger partial charge in [0.1, 0.15) is 5.69 Å². The highest BCUT2D eigenvalue weighted by Crippen LogP contribution is 2.24. The molecule has 1 heterocycles. The molecule has 1 atom stereocenters. The number of aliphatic carboxylic acids is 1. The van der Waals surface area contributed by atoms with Crippen molar-refractivity contribution in [3.8, 4) is 0 Å². The second-order valence-electron chi connectivity index (χ2n) is 5.48. The number of hydrogen-bond donors (Lipinski definition) is 3. The van der Waals surface area contributed by atoms with Crippen LogP contribution in [0.15, 0.2) is 12.3 Å². The van der Waals surface area contributed by atoms with Crippen molar-refractivity contribution in [2.24, 2.45) is 11.3 Å². The quantitative estimate of drug-likeness (QED) is 0.736. The Kier molecular flexibility index (Phi) is 4.47. The van der Waals surface area contributed by atoms with E-state index in [2.05, 4.69) is 15.5 Å². The van der Waals surface area contributed by atoms with E-state index in [1.54, 1.807) is 0 Å². The zero-order valence-electron chi connectivity index (χ0n) is 10.9. The molecule has 1 amide bonds. The smallest absolute Gasteiger partial charge is 0.308 e. The molecule has 0 saturated heterocycles. The van der Waals surface area contributed by atoms with Crippen LogP contribution in [0.1, 0.15) is 37.7 Å². The molecule has 0 radical (unpaired) electrons. The molecule has 0 fully saturated rings. The summed E-state index contributed by atoms with van der Waals surface area (Å²) in [5.41, 5.74) is 0.233. The first kappa shape index (κ1) is 14.2. The number of carboxylic acids is 1. The molecule has 6 heteroatoms. The molecule has 3 N–H and O–H groups in total. The summed E-state index contributed by atoms with van der Waals surface area (Å²) in [5.74, 6) is -1.82. The summed E-state index contributed by atoms with van der Waals surface area (Å²) in [4.78, 5) is 22.7. The molecule has 1 aromatic rings. The topological polar surface area (TPSA) is 95.1 Å². The number of carbonyl (C=O) groups excluding carboxylic acids is 1. The molecule has 0 aliphatic carbocycles. The Hall–Kier alpha value is -1.85. The number of aromatic nitrogens is 2. The maximum absolute atomic E-state index is 11.6. The van der Waals surface area contributed by atoms with Crippen molar-refractivity contribution in [1.82, 2.24) is 15.5 Å². The molecular weight excluding hydrogens is 234 g/mol. The number of H-pyrrole nitrogens is 1. The Morgan fingerprint density at radius 1 is 1.50 bits per heavy atom. The fourth-order valence-corrected chi connectivity index (χ4v) is 1.68. The van der Waals surface area contributed by atoms with E-state index in [0.717, 1.165) is 0 Å². The van der Waals surface area contributed by atoms with E-state index in [0.29, 0.717) is 12.1 Å². The first-order valence-corrected chi connectivity index (χ1v) is 5.80. The van der Waals surface area contributed by atoms with Gasteiger partial charge in [0, 0.05) is 12.7 Å². The molecular formula is C12H19N3O3. The minimum Gasteiger partial charge on any atom is -0.481 e. The van der Waals surface area contributed by atoms with Crippen LogP contribution >= 0.6 is 0 Å². The number of rotatable bonds is 5. The van der Waals surface area contributed by atoms with Crippen molar-refractivity contribution in [2.75, 3.05) is 6.54 Å². The monoisotopic (exact) mass is 253 g/mol. The highest BCUT2D eigenvalue weighted by atomic mass is 16.4. The lowest BCUT2D eigenvalue weighted by Crippen LogP contribution is -2.35. The van der Waals surface area contributed by atoms with Crippen LogP contribution in [-0.4, -0.2) is 33.7 Å². The number of hydrogen-bond acceptors (Lipinski definition) is 3. The van der Waals surface area contributed by atoms with Gasteiger partial charge in [0.15, 0.2) is 0 Å². The van der Waals surface area contributed by atoms with Crippen LogP contribution < -0.4 is 5.32 Å². The fourth-order valence-electron chi connectivity index (χ4n) is 1.68. The third kappa shape index (κ3) is 4.57. The Morgan fingerprint density at radius 2 is 2.17 bits per heavy atom. The van der Waals surface area contributed by atoms with Crippen LogP contribution in [0.25, 0.3) is 0 Å². The summed E-state index contributed by atoms with van der Waals surface area (Å²) in [6.45, 7) is 6.03. The summed E-state index contributed by atoms with van der Waals surface area (Å²) >= 11 is 0. The highest BCUT2D eigenvalue weighted by Gasteiger charge is 2.25. The average Bonchev–Trinajstić information content (AvgIpc) is 2.75. The number of nitrogens with zero attached hydrogens (tertiary/aromatic N) is 1. The molecule has 1 unspecified atom stereocenters. The number of aromatic amines is 1. The average molecular weight is 253 g/mol. The SMILES string of the molecule is CC(C)(C)CC(CNC(=O)c1ccn[nH]1)C(=O)O. The zero-order valence-corrected chi connectivity index (χ0v) is 10.9. The lowest BCUT2D eigenvalue weighted by atomic mass is 9.84. The van der Waals surface area contributed by atoms with Crippen LogP contribution in [0.5, 0.6) is 0 Å². The Bertz CT molecular complexity index is 407. The Morgan fingerprint density at radius 3 is 2.61 bits per heavy atom. The van der Waals surface area contributed by atoms with Crippen molar-refractivity contribution in [3.63, 3.8) is 0 Å². The van der Waals surface area contributed by atoms with E-state index in [1.807, 2.05) is 20.8 Å². The van der Waals surface area contributed by atoms with Crippen molar-refractivity contribution in [2.45, 2.75) is 27.2 Å². The Balaban J connectivity index is 2.53. The predicted octanol–water partition coefficient (Wildman–Crippen LogP) is 1.28. The second kappa shape index (κ2) is 5.66. The first-order valence-electron chi connectivity index (χ1n) is 5.80. The third-order valence-electron chi connectivity index (χ3n) is 2.46. The Labute approximate surface area is 106 Å². The summed E-state index contributed by atoms with van der Waals surface area (Å²) in [6.07, 6.45) is 1.98. The molecule has 0 saturated carbocycles. The molecule has 18 heavy (non-hydrogen) atoms. The highest BCUT2D eigenvalue weighted by molar-refractivity contribution is 5.92. The van der Waals surface area contributed by atoms with Crippen molar-refractivity contribution in [1.29, 1.82) is 0 Å². The number of amides is 1. The van der Waals surface area contributed by atoms with Crippen LogP contribution in [0.4, 0.5) is 0 Å². The predicted molar refractivity (Wildman–Crippen MR) is 66.1 cm³/mol. The van der Waals surface area contributed by atoms with Gasteiger partial charge in [-0.15, -0.1) is 0 Å². The minimum absolute atomic E-state index is 0.0955. The second-order valence-corrected chi connectivity index (χ2v) is 5.48. The van der Waals surface area contributed by atoms with E-state index < -0.39 is 11.9 Å². The van der Waals surface area contributed by atoms with E-state index in [-0.39, 0.29) is 17.9 Å². The largest absolute Gasteiger partial charge is 0.481 e. The van der Waals surface area contributed by atoms with E-state index >= 15 is 0 Å². The standard InChI is InChI=1S/C12H19N3O3/c1-12(2,3)6-8(11(17)18)7-13-10(16)9-4-5-14-15-9/h4-5,8H,6-7H2,1-3H3,(H,13,16)(H,14,15)(H,17,18). The molecule has 0 aliphatic heterocycles. The minimum atomic E-state index is -0.894. The molecule has 0 bridgehead atoms. The molecule has 0 aliphatic rings. The summed E-state index contributed by atoms with van der Waals surface area (Å²) < 4.78 is 0. The van der Waals surface area contributed by atoms with Crippen LogP contribution in [0, 0.1) is 11.3 Å². The van der Waals surface area contributed by atoms with Crippen LogP contribution in [0.3, 0.4) is 0 Å². The lowest BCUT2D eigenvalue weighted by molar-refractivity contribution is -0.142. The van der Waals surface area contributed by atoms with E-state index in [4.69, 9.17) is 5.11 Å². The van der Waals surface area contributed by atoms with E-state index in [1.165, 1.54) is 12.3 Å². The van der Waals surface area contributed by atoms with Crippen molar-refractivity contribution in [3.05, 3.63) is 18.0 Å². The maximum atomic E-state index is 11.6. The van der Waals surface area contributed by atoms with Crippen LogP contribution in [-0.2, 0) is 4.79 Å². The van der Waals surface area contributed by atoms with Gasteiger partial charge in [-0.05, 0) is 17.9 Å². The van der Waals surface area contributed by atoms with Gasteiger partial charge in [-0.1, -0.05) is 20.8 Å². The summed E-state index contributed by atoms with van der Waals surface area (Å²) in [6, 6.07) is 1.54. The molecule has 6 nitrogen and oxygen atoms in total. The van der Waals surface area contributed by atoms with Gasteiger partial charge in [-0.25, -0.2) is 0 Å². The fraction of sp³-hybridized carbons (Fsp3) is 0.583. The molecule has 1 aromatic heterocycles.